The van der Waals surface area contributed by atoms with Crippen LogP contribution in [-0.2, 0) is 32.7 Å². The van der Waals surface area contributed by atoms with Gasteiger partial charge >= 0.3 is 0 Å². The van der Waals surface area contributed by atoms with E-state index in [1.165, 1.54) is 0 Å². The van der Waals surface area contributed by atoms with Gasteiger partial charge in [0.05, 0.1) is 0 Å². The van der Waals surface area contributed by atoms with Gasteiger partial charge in [0, 0.05) is 32.7 Å². The third kappa shape index (κ3) is 8.82. The Morgan fingerprint density at radius 1 is 1.50 bits per heavy atom. The van der Waals surface area contributed by atoms with Gasteiger partial charge in [0.1, 0.15) is 0 Å². The van der Waals surface area contributed by atoms with E-state index in [0.717, 1.165) is 5.92 Å². The summed E-state index contributed by atoms with van der Waals surface area (Å²) < 4.78 is 0. The second-order valence-electron chi connectivity index (χ2n) is 1.11. The summed E-state index contributed by atoms with van der Waals surface area (Å²) in [7, 11) is 0. The second-order valence-corrected chi connectivity index (χ2v) is 1.11. The zero-order chi connectivity index (χ0) is 4.28. The smallest absolute Gasteiger partial charge is 0 e. The Morgan fingerprint density at radius 2 is 1.67 bits per heavy atom. The maximum Gasteiger partial charge on any atom is 0 e. The molecule has 0 bridgehead atoms. The molecule has 0 saturated heterocycles. The predicted octanol–water partition coefficient (Wildman–Crippen LogP) is 1.12. The molecule has 0 atom stereocenters. The SMILES string of the molecule is C[C-](C)C#N.[Y]. The summed E-state index contributed by atoms with van der Waals surface area (Å²) in [5.74, 6) is 0.810. The van der Waals surface area contributed by atoms with Gasteiger partial charge in [-0.25, -0.2) is 5.26 Å². The van der Waals surface area contributed by atoms with Gasteiger partial charge in [0.2, 0.25) is 0 Å². The van der Waals surface area contributed by atoms with Crippen molar-refractivity contribution in [2.75, 3.05) is 0 Å². The molecule has 0 amide bonds. The molecule has 1 nitrogen and oxygen atoms in total. The van der Waals surface area contributed by atoms with Gasteiger partial charge in [-0.3, -0.25) is 5.92 Å². The van der Waals surface area contributed by atoms with E-state index in [2.05, 4.69) is 0 Å². The minimum Gasteiger partial charge on any atom is -0.282 e. The van der Waals surface area contributed by atoms with Crippen LogP contribution in [0.4, 0.5) is 0 Å². The van der Waals surface area contributed by atoms with Gasteiger partial charge in [0.25, 0.3) is 0 Å². The van der Waals surface area contributed by atoms with Crippen molar-refractivity contribution in [1.29, 1.82) is 5.26 Å². The maximum atomic E-state index is 7.86. The van der Waals surface area contributed by atoms with E-state index in [1.807, 2.05) is 6.07 Å². The van der Waals surface area contributed by atoms with Crippen LogP contribution >= 0.6 is 0 Å². The van der Waals surface area contributed by atoms with Crippen LogP contribution in [0, 0.1) is 17.2 Å². The van der Waals surface area contributed by atoms with Crippen LogP contribution in [0.2, 0.25) is 0 Å². The van der Waals surface area contributed by atoms with Gasteiger partial charge < -0.3 is 0 Å². The van der Waals surface area contributed by atoms with Crippen molar-refractivity contribution in [1.82, 2.24) is 0 Å². The van der Waals surface area contributed by atoms with Crippen LogP contribution in [0.15, 0.2) is 0 Å². The molecule has 6 heavy (non-hydrogen) atoms. The molecule has 0 heterocycles. The summed E-state index contributed by atoms with van der Waals surface area (Å²) in [4.78, 5) is 0. The summed E-state index contributed by atoms with van der Waals surface area (Å²) >= 11 is 0. The van der Waals surface area contributed by atoms with Crippen molar-refractivity contribution in [3.63, 3.8) is 0 Å². The topological polar surface area (TPSA) is 23.8 Å². The molecule has 0 unspecified atom stereocenters. The molecule has 0 fully saturated rings. The molecule has 0 aliphatic carbocycles. The van der Waals surface area contributed by atoms with E-state index < -0.39 is 0 Å². The van der Waals surface area contributed by atoms with Crippen molar-refractivity contribution in [3.05, 3.63) is 5.92 Å². The third-order valence-corrected chi connectivity index (χ3v) is 0.224. The van der Waals surface area contributed by atoms with Crippen LogP contribution in [0.5, 0.6) is 0 Å². The normalized spacial score (nSPS) is 4.83. The van der Waals surface area contributed by atoms with Crippen LogP contribution in [0.25, 0.3) is 0 Å². The van der Waals surface area contributed by atoms with Crippen LogP contribution < -0.4 is 0 Å². The summed E-state index contributed by atoms with van der Waals surface area (Å²) in [5.41, 5.74) is 0. The number of nitriles is 1. The van der Waals surface area contributed by atoms with Gasteiger partial charge in [-0.05, 0) is 0 Å². The fraction of sp³-hybridized carbons (Fsp3) is 0.500. The molecule has 0 aromatic carbocycles. The van der Waals surface area contributed by atoms with Gasteiger partial charge in [-0.15, -0.1) is 6.07 Å². The van der Waals surface area contributed by atoms with Crippen LogP contribution in [0.3, 0.4) is 0 Å². The molecule has 31 valence electrons. The van der Waals surface area contributed by atoms with E-state index in [-0.39, 0.29) is 32.7 Å². The van der Waals surface area contributed by atoms with Crippen molar-refractivity contribution >= 4 is 0 Å². The Kier molecular flexibility index (Phi) is 8.82. The Hall–Kier alpha value is 0.464. The maximum absolute atomic E-state index is 7.86. The monoisotopic (exact) mass is 157 g/mol. The van der Waals surface area contributed by atoms with Crippen LogP contribution in [0.1, 0.15) is 13.8 Å². The standard InChI is InChI=1S/C4H6N.Y/c1-4(2)3-5;/h1-2H3;/q-1;. The number of hydrogen-bond acceptors (Lipinski definition) is 1. The molecule has 2 heteroatoms. The van der Waals surface area contributed by atoms with Gasteiger partial charge in [0.15, 0.2) is 0 Å². The zero-order valence-corrected chi connectivity index (χ0v) is 6.86. The molecule has 0 aromatic heterocycles. The number of hydrogen-bond donors (Lipinski definition) is 0. The van der Waals surface area contributed by atoms with Crippen molar-refractivity contribution in [3.8, 4) is 6.07 Å². The molecule has 0 saturated carbocycles. The molecule has 0 rings (SSSR count). The average Bonchev–Trinajstić information content (AvgIpc) is 1.38. The van der Waals surface area contributed by atoms with Gasteiger partial charge in [-0.1, -0.05) is 0 Å². The third-order valence-electron chi connectivity index (χ3n) is 0.224. The fourth-order valence-corrected chi connectivity index (χ4v) is 0. The predicted molar refractivity (Wildman–Crippen MR) is 20.2 cm³/mol. The molecule has 0 N–H and O–H groups in total. The minimum absolute atomic E-state index is 0. The fourth-order valence-electron chi connectivity index (χ4n) is 0. The number of rotatable bonds is 0. The summed E-state index contributed by atoms with van der Waals surface area (Å²) in [5, 5.41) is 7.86. The molecule has 1 radical (unpaired) electrons. The molecule has 0 spiro atoms. The van der Waals surface area contributed by atoms with Crippen molar-refractivity contribution < 1.29 is 32.7 Å². The van der Waals surface area contributed by atoms with E-state index >= 15 is 0 Å². The molecule has 0 aromatic rings. The Balaban J connectivity index is 0. The van der Waals surface area contributed by atoms with Gasteiger partial charge in [-0.2, -0.15) is 13.8 Å². The second kappa shape index (κ2) is 5.46. The first-order valence-electron chi connectivity index (χ1n) is 1.47. The Bertz CT molecular complexity index is 53.1. The van der Waals surface area contributed by atoms with Crippen LogP contribution in [-0.4, -0.2) is 0 Å². The Morgan fingerprint density at radius 3 is 1.67 bits per heavy atom. The minimum atomic E-state index is 0. The van der Waals surface area contributed by atoms with Crippen molar-refractivity contribution in [2.24, 2.45) is 0 Å². The Labute approximate surface area is 63.6 Å². The zero-order valence-electron chi connectivity index (χ0n) is 4.02. The summed E-state index contributed by atoms with van der Waals surface area (Å²) in [6, 6.07) is 1.94. The number of nitrogens with zero attached hydrogens (tertiary/aromatic N) is 1. The average molecular weight is 157 g/mol. The molecular weight excluding hydrogens is 151 g/mol. The quantitative estimate of drug-likeness (QED) is 0.483. The van der Waals surface area contributed by atoms with E-state index in [4.69, 9.17) is 5.26 Å². The molecular formula is C4H6NY-. The summed E-state index contributed by atoms with van der Waals surface area (Å²) in [6.07, 6.45) is 0. The first-order chi connectivity index (χ1) is 2.27. The van der Waals surface area contributed by atoms with E-state index in [0.29, 0.717) is 0 Å². The van der Waals surface area contributed by atoms with E-state index in [1.54, 1.807) is 13.8 Å². The first-order valence-corrected chi connectivity index (χ1v) is 1.47. The molecule has 0 aliphatic heterocycles. The van der Waals surface area contributed by atoms with E-state index in [9.17, 15) is 0 Å². The van der Waals surface area contributed by atoms with Crippen molar-refractivity contribution in [2.45, 2.75) is 13.8 Å². The summed E-state index contributed by atoms with van der Waals surface area (Å²) in [6.45, 7) is 3.56. The molecule has 0 aliphatic rings. The largest absolute Gasteiger partial charge is 0.282 e. The first kappa shape index (κ1) is 9.68.